The van der Waals surface area contributed by atoms with Gasteiger partial charge in [0.1, 0.15) is 12.6 Å². The molecule has 0 fully saturated rings. The number of benzene rings is 3. The van der Waals surface area contributed by atoms with E-state index >= 15 is 0 Å². The van der Waals surface area contributed by atoms with Gasteiger partial charge in [0.15, 0.2) is 0 Å². The second-order valence-corrected chi connectivity index (χ2v) is 12.2. The Bertz CT molecular complexity index is 1330. The quantitative estimate of drug-likeness (QED) is 0.428. The maximum absolute atomic E-state index is 13.8. The molecule has 8 heteroatoms. The van der Waals surface area contributed by atoms with Crippen LogP contribution in [0.15, 0.2) is 72.8 Å². The summed E-state index contributed by atoms with van der Waals surface area (Å²) in [6, 6.07) is 21.8. The molecule has 0 spiro atoms. The maximum atomic E-state index is 13.8. The van der Waals surface area contributed by atoms with Gasteiger partial charge in [-0.05, 0) is 50.6 Å². The lowest BCUT2D eigenvalue weighted by Gasteiger charge is -2.34. The van der Waals surface area contributed by atoms with Crippen molar-refractivity contribution in [3.63, 3.8) is 0 Å². The van der Waals surface area contributed by atoms with Crippen LogP contribution in [0.5, 0.6) is 0 Å². The van der Waals surface area contributed by atoms with Crippen LogP contribution in [0.3, 0.4) is 0 Å². The molecule has 0 heterocycles. The van der Waals surface area contributed by atoms with Crippen molar-refractivity contribution >= 4 is 38.3 Å². The van der Waals surface area contributed by atoms with Gasteiger partial charge in [0.25, 0.3) is 0 Å². The monoisotopic (exact) mass is 523 g/mol. The lowest BCUT2D eigenvalue weighted by molar-refractivity contribution is -0.140. The van der Waals surface area contributed by atoms with E-state index < -0.39 is 34.1 Å². The minimum Gasteiger partial charge on any atom is -0.350 e. The van der Waals surface area contributed by atoms with Crippen molar-refractivity contribution in [2.75, 3.05) is 23.7 Å². The SMILES string of the molecule is CC[C@H](C(=O)NC(C)(C)C)N(CCc1ccccc1)C(=O)CN(c1cccc2ccccc12)S(C)(=O)=O. The van der Waals surface area contributed by atoms with E-state index in [9.17, 15) is 18.0 Å². The van der Waals surface area contributed by atoms with Crippen molar-refractivity contribution in [1.29, 1.82) is 0 Å². The number of nitrogens with one attached hydrogen (secondary N) is 1. The number of rotatable bonds is 10. The number of hydrogen-bond acceptors (Lipinski definition) is 4. The van der Waals surface area contributed by atoms with Gasteiger partial charge < -0.3 is 10.2 Å². The predicted molar refractivity (Wildman–Crippen MR) is 150 cm³/mol. The molecular formula is C29H37N3O4S. The third kappa shape index (κ3) is 7.55. The number of anilines is 1. The lowest BCUT2D eigenvalue weighted by atomic mass is 10.1. The van der Waals surface area contributed by atoms with Crippen LogP contribution in [0.25, 0.3) is 10.8 Å². The molecule has 1 atom stereocenters. The van der Waals surface area contributed by atoms with Crippen molar-refractivity contribution in [3.8, 4) is 0 Å². The molecule has 3 aromatic carbocycles. The minimum absolute atomic E-state index is 0.257. The van der Waals surface area contributed by atoms with E-state index in [-0.39, 0.29) is 12.5 Å². The van der Waals surface area contributed by atoms with Crippen LogP contribution >= 0.6 is 0 Å². The highest BCUT2D eigenvalue weighted by Gasteiger charge is 2.33. The van der Waals surface area contributed by atoms with Crippen LogP contribution in [0, 0.1) is 0 Å². The lowest BCUT2D eigenvalue weighted by Crippen LogP contribution is -2.56. The third-order valence-corrected chi connectivity index (χ3v) is 7.21. The highest BCUT2D eigenvalue weighted by Crippen LogP contribution is 2.28. The second kappa shape index (κ2) is 11.8. The summed E-state index contributed by atoms with van der Waals surface area (Å²) in [4.78, 5) is 28.6. The van der Waals surface area contributed by atoms with E-state index in [1.54, 1.807) is 12.1 Å². The zero-order chi connectivity index (χ0) is 27.2. The van der Waals surface area contributed by atoms with Crippen LogP contribution < -0.4 is 9.62 Å². The van der Waals surface area contributed by atoms with E-state index in [4.69, 9.17) is 0 Å². The van der Waals surface area contributed by atoms with Crippen LogP contribution in [-0.4, -0.2) is 56.1 Å². The van der Waals surface area contributed by atoms with E-state index in [1.807, 2.05) is 88.4 Å². The van der Waals surface area contributed by atoms with Gasteiger partial charge in [-0.15, -0.1) is 0 Å². The van der Waals surface area contributed by atoms with Crippen LogP contribution in [-0.2, 0) is 26.0 Å². The fraction of sp³-hybridized carbons (Fsp3) is 0.379. The van der Waals surface area contributed by atoms with Crippen LogP contribution in [0.2, 0.25) is 0 Å². The molecule has 0 aliphatic heterocycles. The van der Waals surface area contributed by atoms with Crippen molar-refractivity contribution in [3.05, 3.63) is 78.4 Å². The molecule has 37 heavy (non-hydrogen) atoms. The second-order valence-electron chi connectivity index (χ2n) is 10.3. The molecule has 0 aromatic heterocycles. The Balaban J connectivity index is 1.98. The summed E-state index contributed by atoms with van der Waals surface area (Å²) in [5, 5.41) is 4.58. The van der Waals surface area contributed by atoms with E-state index in [2.05, 4.69) is 5.32 Å². The predicted octanol–water partition coefficient (Wildman–Crippen LogP) is 4.37. The summed E-state index contributed by atoms with van der Waals surface area (Å²) in [6.07, 6.45) is 2.04. The van der Waals surface area contributed by atoms with E-state index in [0.717, 1.165) is 26.9 Å². The highest BCUT2D eigenvalue weighted by molar-refractivity contribution is 7.92. The van der Waals surface area contributed by atoms with Gasteiger partial charge >= 0.3 is 0 Å². The summed E-state index contributed by atoms with van der Waals surface area (Å²) in [5.41, 5.74) is 0.991. The van der Waals surface area contributed by atoms with Gasteiger partial charge in [0, 0.05) is 17.5 Å². The number of amides is 2. The number of carbonyl (C=O) groups excluding carboxylic acids is 2. The number of sulfonamides is 1. The molecule has 0 unspecified atom stereocenters. The first-order chi connectivity index (χ1) is 17.4. The molecule has 3 aromatic rings. The number of carbonyl (C=O) groups is 2. The van der Waals surface area contributed by atoms with Gasteiger partial charge in [-0.2, -0.15) is 0 Å². The smallest absolute Gasteiger partial charge is 0.244 e. The first kappa shape index (κ1) is 28.2. The Kier molecular flexibility index (Phi) is 8.97. The normalized spacial score (nSPS) is 12.7. The first-order valence-corrected chi connectivity index (χ1v) is 14.4. The Morgan fingerprint density at radius 1 is 0.919 bits per heavy atom. The number of nitrogens with zero attached hydrogens (tertiary/aromatic N) is 2. The molecule has 3 rings (SSSR count). The van der Waals surface area contributed by atoms with Crippen LogP contribution in [0.4, 0.5) is 5.69 Å². The van der Waals surface area contributed by atoms with E-state index in [0.29, 0.717) is 18.5 Å². The molecule has 0 bridgehead atoms. The molecule has 7 nitrogen and oxygen atoms in total. The molecule has 0 saturated carbocycles. The average molecular weight is 524 g/mol. The average Bonchev–Trinajstić information content (AvgIpc) is 2.83. The summed E-state index contributed by atoms with van der Waals surface area (Å²) < 4.78 is 27.0. The van der Waals surface area contributed by atoms with Gasteiger partial charge in [-0.25, -0.2) is 8.42 Å². The summed E-state index contributed by atoms with van der Waals surface area (Å²) in [7, 11) is -3.80. The molecule has 0 saturated heterocycles. The maximum Gasteiger partial charge on any atom is 0.244 e. The third-order valence-electron chi connectivity index (χ3n) is 6.08. The topological polar surface area (TPSA) is 86.8 Å². The van der Waals surface area contributed by atoms with Crippen molar-refractivity contribution < 1.29 is 18.0 Å². The van der Waals surface area contributed by atoms with Crippen LogP contribution in [0.1, 0.15) is 39.7 Å². The Morgan fingerprint density at radius 3 is 2.16 bits per heavy atom. The fourth-order valence-corrected chi connectivity index (χ4v) is 5.23. The molecule has 1 N–H and O–H groups in total. The van der Waals surface area contributed by atoms with Crippen molar-refractivity contribution in [2.45, 2.75) is 52.1 Å². The summed E-state index contributed by atoms with van der Waals surface area (Å²) in [6.45, 7) is 7.40. The molecule has 198 valence electrons. The molecular weight excluding hydrogens is 486 g/mol. The van der Waals surface area contributed by atoms with Gasteiger partial charge in [0.2, 0.25) is 21.8 Å². The zero-order valence-electron chi connectivity index (χ0n) is 22.3. The largest absolute Gasteiger partial charge is 0.350 e. The van der Waals surface area contributed by atoms with Crippen molar-refractivity contribution in [1.82, 2.24) is 10.2 Å². The highest BCUT2D eigenvalue weighted by atomic mass is 32.2. The number of hydrogen-bond donors (Lipinski definition) is 1. The Labute approximate surface area is 220 Å². The summed E-state index contributed by atoms with van der Waals surface area (Å²) >= 11 is 0. The van der Waals surface area contributed by atoms with Gasteiger partial charge in [0.05, 0.1) is 11.9 Å². The molecule has 0 aliphatic rings. The fourth-order valence-electron chi connectivity index (χ4n) is 4.37. The molecule has 2 amide bonds. The first-order valence-electron chi connectivity index (χ1n) is 12.5. The minimum atomic E-state index is -3.80. The zero-order valence-corrected chi connectivity index (χ0v) is 23.1. The van der Waals surface area contributed by atoms with Gasteiger partial charge in [-0.1, -0.05) is 73.7 Å². The molecule has 0 radical (unpaired) electrons. The standard InChI is InChI=1S/C29H37N3O4S/c1-6-25(28(34)30-29(2,3)4)31(20-19-22-13-8-7-9-14-22)27(33)21-32(37(5,35)36)26-18-12-16-23-15-10-11-17-24(23)26/h7-18,25H,6,19-21H2,1-5H3,(H,30,34)/t25-/m1/s1. The Morgan fingerprint density at radius 2 is 1.54 bits per heavy atom. The van der Waals surface area contributed by atoms with E-state index in [1.165, 1.54) is 4.90 Å². The number of fused-ring (bicyclic) bond motifs is 1. The Hall–Kier alpha value is -3.39. The van der Waals surface area contributed by atoms with Gasteiger partial charge in [-0.3, -0.25) is 13.9 Å². The summed E-state index contributed by atoms with van der Waals surface area (Å²) in [5.74, 6) is -0.683. The molecule has 0 aliphatic carbocycles. The van der Waals surface area contributed by atoms with Crippen molar-refractivity contribution in [2.24, 2.45) is 0 Å².